The molecule has 3 aromatic carbocycles. The van der Waals surface area contributed by atoms with Crippen molar-refractivity contribution in [3.8, 4) is 5.75 Å². The minimum atomic E-state index is -4.06. The summed E-state index contributed by atoms with van der Waals surface area (Å²) in [5.41, 5.74) is 3.03. The van der Waals surface area contributed by atoms with E-state index in [0.29, 0.717) is 28.1 Å². The molecule has 1 amide bonds. The predicted octanol–water partition coefficient (Wildman–Crippen LogP) is 3.55. The quantitative estimate of drug-likeness (QED) is 0.666. The van der Waals surface area contributed by atoms with Crippen LogP contribution in [0.2, 0.25) is 0 Å². The van der Waals surface area contributed by atoms with Crippen LogP contribution in [0.1, 0.15) is 16.7 Å². The number of benzene rings is 3. The zero-order valence-electron chi connectivity index (χ0n) is 17.2. The molecule has 0 bridgehead atoms. The Bertz CT molecular complexity index is 1270. The minimum Gasteiger partial charge on any atom is -0.496 e. The maximum absolute atomic E-state index is 13.4. The molecule has 1 aliphatic heterocycles. The lowest BCUT2D eigenvalue weighted by molar-refractivity contribution is -0.117. The van der Waals surface area contributed by atoms with Gasteiger partial charge in [0.1, 0.15) is 5.75 Å². The van der Waals surface area contributed by atoms with Crippen LogP contribution in [-0.4, -0.2) is 28.5 Å². The van der Waals surface area contributed by atoms with Gasteiger partial charge in [0, 0.05) is 30.3 Å². The molecule has 0 saturated heterocycles. The smallest absolute Gasteiger partial charge is 0.270 e. The largest absolute Gasteiger partial charge is 0.496 e. The SMILES string of the molecule is COc1ccccc1CNC(=O)C1=C(c2ccccc2)c2ccccc2N(C)S1(=O)=O. The molecule has 0 unspecified atom stereocenters. The summed E-state index contributed by atoms with van der Waals surface area (Å²) in [4.78, 5) is 13.0. The first-order valence-corrected chi connectivity index (χ1v) is 11.2. The Balaban J connectivity index is 1.85. The highest BCUT2D eigenvalue weighted by Gasteiger charge is 2.39. The van der Waals surface area contributed by atoms with Crippen LogP contribution in [0.25, 0.3) is 5.57 Å². The van der Waals surface area contributed by atoms with E-state index in [2.05, 4.69) is 5.32 Å². The average molecular weight is 435 g/mol. The summed E-state index contributed by atoms with van der Waals surface area (Å²) in [7, 11) is -1.05. The number of ether oxygens (including phenoxy) is 1. The molecule has 0 saturated carbocycles. The van der Waals surface area contributed by atoms with Gasteiger partial charge in [-0.2, -0.15) is 0 Å². The number of sulfonamides is 1. The number of anilines is 1. The molecule has 6 nitrogen and oxygen atoms in total. The number of carbonyl (C=O) groups is 1. The maximum atomic E-state index is 13.4. The molecule has 0 atom stereocenters. The molecule has 0 fully saturated rings. The zero-order chi connectivity index (χ0) is 22.0. The van der Waals surface area contributed by atoms with E-state index in [0.717, 1.165) is 9.87 Å². The highest BCUT2D eigenvalue weighted by atomic mass is 32.2. The fourth-order valence-corrected chi connectivity index (χ4v) is 5.19. The van der Waals surface area contributed by atoms with Crippen LogP contribution >= 0.6 is 0 Å². The monoisotopic (exact) mass is 434 g/mol. The Hall–Kier alpha value is -3.58. The van der Waals surface area contributed by atoms with Gasteiger partial charge in [0.2, 0.25) is 0 Å². The van der Waals surface area contributed by atoms with Crippen molar-refractivity contribution < 1.29 is 17.9 Å². The van der Waals surface area contributed by atoms with Gasteiger partial charge in [0.05, 0.1) is 12.8 Å². The Morgan fingerprint density at radius 1 is 0.935 bits per heavy atom. The molecular formula is C24H22N2O4S. The molecule has 1 N–H and O–H groups in total. The third-order valence-electron chi connectivity index (χ3n) is 5.26. The molecule has 4 rings (SSSR count). The van der Waals surface area contributed by atoms with Crippen molar-refractivity contribution in [3.05, 3.63) is 100 Å². The summed E-state index contributed by atoms with van der Waals surface area (Å²) in [5.74, 6) is -0.0415. The second-order valence-electron chi connectivity index (χ2n) is 7.05. The van der Waals surface area contributed by atoms with E-state index < -0.39 is 15.9 Å². The van der Waals surface area contributed by atoms with Gasteiger partial charge in [-0.1, -0.05) is 66.7 Å². The van der Waals surface area contributed by atoms with Crippen molar-refractivity contribution in [2.24, 2.45) is 0 Å². The number of nitrogens with one attached hydrogen (secondary N) is 1. The summed E-state index contributed by atoms with van der Waals surface area (Å²) >= 11 is 0. The molecule has 158 valence electrons. The van der Waals surface area contributed by atoms with Gasteiger partial charge >= 0.3 is 0 Å². The van der Waals surface area contributed by atoms with E-state index in [-0.39, 0.29) is 11.4 Å². The van der Waals surface area contributed by atoms with Gasteiger partial charge < -0.3 is 10.1 Å². The number of hydrogen-bond donors (Lipinski definition) is 1. The lowest BCUT2D eigenvalue weighted by Crippen LogP contribution is -2.39. The predicted molar refractivity (Wildman–Crippen MR) is 121 cm³/mol. The molecular weight excluding hydrogens is 412 g/mol. The third kappa shape index (κ3) is 3.68. The van der Waals surface area contributed by atoms with Gasteiger partial charge in [0.25, 0.3) is 15.9 Å². The Morgan fingerprint density at radius 2 is 1.58 bits per heavy atom. The number of amides is 1. The molecule has 1 heterocycles. The number of fused-ring (bicyclic) bond motifs is 1. The van der Waals surface area contributed by atoms with E-state index in [1.165, 1.54) is 7.05 Å². The van der Waals surface area contributed by atoms with Gasteiger partial charge in [0.15, 0.2) is 4.91 Å². The van der Waals surface area contributed by atoms with Crippen LogP contribution in [0.15, 0.2) is 83.8 Å². The van der Waals surface area contributed by atoms with E-state index >= 15 is 0 Å². The molecule has 3 aromatic rings. The molecule has 0 spiro atoms. The fourth-order valence-electron chi connectivity index (χ4n) is 3.70. The minimum absolute atomic E-state index is 0.134. The first-order chi connectivity index (χ1) is 14.9. The number of nitrogens with zero attached hydrogens (tertiary/aromatic N) is 1. The van der Waals surface area contributed by atoms with E-state index in [1.807, 2.05) is 48.5 Å². The van der Waals surface area contributed by atoms with Crippen LogP contribution < -0.4 is 14.4 Å². The summed E-state index contributed by atoms with van der Waals surface area (Å²) in [6, 6.07) is 23.5. The van der Waals surface area contributed by atoms with Crippen molar-refractivity contribution in [2.75, 3.05) is 18.5 Å². The Kier molecular flexibility index (Phi) is 5.52. The van der Waals surface area contributed by atoms with Gasteiger partial charge in [-0.3, -0.25) is 9.10 Å². The molecule has 1 aliphatic rings. The number of methoxy groups -OCH3 is 1. The van der Waals surface area contributed by atoms with Crippen LogP contribution in [0, 0.1) is 0 Å². The number of carbonyl (C=O) groups excluding carboxylic acids is 1. The van der Waals surface area contributed by atoms with Crippen LogP contribution in [0.5, 0.6) is 5.75 Å². The fraction of sp³-hybridized carbons (Fsp3) is 0.125. The van der Waals surface area contributed by atoms with Crippen molar-refractivity contribution in [3.63, 3.8) is 0 Å². The van der Waals surface area contributed by atoms with Crippen molar-refractivity contribution in [1.82, 2.24) is 5.32 Å². The lowest BCUT2D eigenvalue weighted by Gasteiger charge is -2.30. The van der Waals surface area contributed by atoms with Crippen LogP contribution in [-0.2, 0) is 21.4 Å². The first kappa shape index (κ1) is 20.7. The zero-order valence-corrected chi connectivity index (χ0v) is 18.0. The number of rotatable bonds is 5. The summed E-state index contributed by atoms with van der Waals surface area (Å²) in [5, 5.41) is 2.77. The normalized spacial score (nSPS) is 14.7. The van der Waals surface area contributed by atoms with Gasteiger partial charge in [-0.05, 0) is 17.7 Å². The van der Waals surface area contributed by atoms with E-state index in [1.54, 1.807) is 37.4 Å². The third-order valence-corrected chi connectivity index (χ3v) is 7.08. The second kappa shape index (κ2) is 8.28. The van der Waals surface area contributed by atoms with E-state index in [4.69, 9.17) is 4.74 Å². The van der Waals surface area contributed by atoms with E-state index in [9.17, 15) is 13.2 Å². The van der Waals surface area contributed by atoms with Crippen LogP contribution in [0.4, 0.5) is 5.69 Å². The van der Waals surface area contributed by atoms with Crippen molar-refractivity contribution >= 4 is 27.2 Å². The molecule has 7 heteroatoms. The number of para-hydroxylation sites is 2. The average Bonchev–Trinajstić information content (AvgIpc) is 2.80. The summed E-state index contributed by atoms with van der Waals surface area (Å²) in [6.45, 7) is 0.134. The summed E-state index contributed by atoms with van der Waals surface area (Å²) < 4.78 is 33.3. The number of hydrogen-bond acceptors (Lipinski definition) is 4. The summed E-state index contributed by atoms with van der Waals surface area (Å²) in [6.07, 6.45) is 0. The van der Waals surface area contributed by atoms with Crippen LogP contribution in [0.3, 0.4) is 0 Å². The molecule has 0 aromatic heterocycles. The first-order valence-electron chi connectivity index (χ1n) is 9.73. The Labute approximate surface area is 181 Å². The van der Waals surface area contributed by atoms with Gasteiger partial charge in [-0.15, -0.1) is 0 Å². The lowest BCUT2D eigenvalue weighted by atomic mass is 9.95. The molecule has 0 aliphatic carbocycles. The topological polar surface area (TPSA) is 75.7 Å². The standard InChI is InChI=1S/C24H22N2O4S/c1-26-20-14-8-7-13-19(20)22(17-10-4-3-5-11-17)23(31(26,28)29)24(27)25-16-18-12-6-9-15-21(18)30-2/h3-15H,16H2,1-2H3,(H,25,27). The highest BCUT2D eigenvalue weighted by molar-refractivity contribution is 7.97. The van der Waals surface area contributed by atoms with Gasteiger partial charge in [-0.25, -0.2) is 8.42 Å². The maximum Gasteiger partial charge on any atom is 0.270 e. The second-order valence-corrected chi connectivity index (χ2v) is 8.96. The van der Waals surface area contributed by atoms with Crippen molar-refractivity contribution in [1.29, 1.82) is 0 Å². The highest BCUT2D eigenvalue weighted by Crippen LogP contribution is 2.41. The molecule has 0 radical (unpaired) electrons. The van der Waals surface area contributed by atoms with Crippen molar-refractivity contribution in [2.45, 2.75) is 6.54 Å². The molecule has 31 heavy (non-hydrogen) atoms. The Morgan fingerprint density at radius 3 is 2.32 bits per heavy atom.